The second kappa shape index (κ2) is 6.50. The number of ether oxygens (including phenoxy) is 1. The highest BCUT2D eigenvalue weighted by atomic mass is 16.6. The Morgan fingerprint density at radius 2 is 2.08 bits per heavy atom. The highest BCUT2D eigenvalue weighted by Gasteiger charge is 2.39. The molecule has 1 aromatic heterocycles. The van der Waals surface area contributed by atoms with Crippen molar-refractivity contribution in [2.45, 2.75) is 39.2 Å². The zero-order valence-corrected chi connectivity index (χ0v) is 14.9. The lowest BCUT2D eigenvalue weighted by Crippen LogP contribution is -2.35. The van der Waals surface area contributed by atoms with Crippen LogP contribution in [-0.4, -0.2) is 45.7 Å². The van der Waals surface area contributed by atoms with Gasteiger partial charge in [0.15, 0.2) is 0 Å². The van der Waals surface area contributed by atoms with Crippen LogP contribution in [-0.2, 0) is 16.0 Å². The van der Waals surface area contributed by atoms with Crippen molar-refractivity contribution in [2.24, 2.45) is 11.8 Å². The minimum Gasteiger partial charge on any atom is -0.481 e. The number of carboxylic acid groups (broad SMARTS) is 1. The third kappa shape index (κ3) is 4.18. The number of amides is 1. The third-order valence-electron chi connectivity index (χ3n) is 4.55. The number of aromatic nitrogens is 1. The fourth-order valence-corrected chi connectivity index (χ4v) is 3.47. The van der Waals surface area contributed by atoms with Crippen molar-refractivity contribution in [1.29, 1.82) is 0 Å². The van der Waals surface area contributed by atoms with Crippen molar-refractivity contribution in [3.05, 3.63) is 35.7 Å². The maximum atomic E-state index is 12.2. The van der Waals surface area contributed by atoms with E-state index in [9.17, 15) is 9.59 Å². The number of rotatable bonds is 3. The smallest absolute Gasteiger partial charge is 0.410 e. The molecule has 1 amide bonds. The number of carbonyl (C=O) groups excluding carboxylic acids is 1. The third-order valence-corrected chi connectivity index (χ3v) is 4.55. The summed E-state index contributed by atoms with van der Waals surface area (Å²) in [5, 5.41) is 8.82. The Labute approximate surface area is 147 Å². The van der Waals surface area contributed by atoms with Crippen LogP contribution in [0.25, 0.3) is 5.57 Å². The summed E-state index contributed by atoms with van der Waals surface area (Å²) in [6.07, 6.45) is 4.46. The van der Waals surface area contributed by atoms with E-state index >= 15 is 0 Å². The molecule has 2 unspecified atom stereocenters. The first kappa shape index (κ1) is 17.5. The summed E-state index contributed by atoms with van der Waals surface area (Å²) < 4.78 is 5.45. The van der Waals surface area contributed by atoms with E-state index in [1.54, 1.807) is 11.1 Å². The molecule has 2 heterocycles. The van der Waals surface area contributed by atoms with Crippen molar-refractivity contribution >= 4 is 17.6 Å². The molecule has 134 valence electrons. The summed E-state index contributed by atoms with van der Waals surface area (Å²) in [6, 6.07) is 3.70. The zero-order chi connectivity index (χ0) is 18.2. The predicted octanol–water partition coefficient (Wildman–Crippen LogP) is 2.98. The minimum atomic E-state index is -0.855. The molecule has 1 saturated heterocycles. The number of hydrogen-bond donors (Lipinski definition) is 1. The Morgan fingerprint density at radius 1 is 1.32 bits per heavy atom. The molecule has 0 radical (unpaired) electrons. The second-order valence-electron chi connectivity index (χ2n) is 7.83. The van der Waals surface area contributed by atoms with E-state index in [-0.39, 0.29) is 12.5 Å². The minimum absolute atomic E-state index is 0.0115. The Kier molecular flexibility index (Phi) is 4.54. The van der Waals surface area contributed by atoms with E-state index in [1.165, 1.54) is 5.57 Å². The number of likely N-dealkylation sites (tertiary alicyclic amines) is 1. The number of hydrogen-bond acceptors (Lipinski definition) is 4. The molecule has 0 saturated carbocycles. The number of carbonyl (C=O) groups is 2. The molecule has 1 fully saturated rings. The molecule has 0 bridgehead atoms. The average Bonchev–Trinajstić information content (AvgIpc) is 3.04. The van der Waals surface area contributed by atoms with E-state index in [4.69, 9.17) is 9.84 Å². The van der Waals surface area contributed by atoms with Crippen LogP contribution in [0.2, 0.25) is 0 Å². The number of fused-ring (bicyclic) bond motifs is 1. The maximum Gasteiger partial charge on any atom is 0.410 e. The van der Waals surface area contributed by atoms with Gasteiger partial charge in [-0.15, -0.1) is 0 Å². The Morgan fingerprint density at radius 3 is 2.64 bits per heavy atom. The topological polar surface area (TPSA) is 79.7 Å². The number of pyridine rings is 1. The molecule has 1 aliphatic heterocycles. The standard InChI is InChI=1S/C19H24N2O4/c1-19(2,3)25-18(24)21-10-14-7-13(8-15(14)11-21)16-5-4-12(9-20-16)6-17(22)23/h4-5,7,9,14-15H,6,8,10-11H2,1-3H3,(H,22,23). The molecule has 2 atom stereocenters. The summed E-state index contributed by atoms with van der Waals surface area (Å²) in [6.45, 7) is 7.01. The fraction of sp³-hybridized carbons (Fsp3) is 0.526. The first-order valence-electron chi connectivity index (χ1n) is 8.57. The van der Waals surface area contributed by atoms with E-state index in [0.717, 1.165) is 12.1 Å². The van der Waals surface area contributed by atoms with E-state index in [2.05, 4.69) is 11.1 Å². The first-order valence-corrected chi connectivity index (χ1v) is 8.57. The lowest BCUT2D eigenvalue weighted by Gasteiger charge is -2.24. The van der Waals surface area contributed by atoms with Gasteiger partial charge in [-0.2, -0.15) is 0 Å². The monoisotopic (exact) mass is 344 g/mol. The molecule has 6 heteroatoms. The molecular formula is C19H24N2O4. The van der Waals surface area contributed by atoms with Gasteiger partial charge in [0.25, 0.3) is 0 Å². The van der Waals surface area contributed by atoms with Crippen LogP contribution in [0.15, 0.2) is 24.4 Å². The molecule has 6 nitrogen and oxygen atoms in total. The highest BCUT2D eigenvalue weighted by Crippen LogP contribution is 2.40. The number of carboxylic acids is 1. The number of aliphatic carboxylic acids is 1. The van der Waals surface area contributed by atoms with Gasteiger partial charge in [0.05, 0.1) is 12.1 Å². The van der Waals surface area contributed by atoms with Gasteiger partial charge in [-0.25, -0.2) is 4.79 Å². The molecular weight excluding hydrogens is 320 g/mol. The van der Waals surface area contributed by atoms with Crippen molar-refractivity contribution in [1.82, 2.24) is 9.88 Å². The summed E-state index contributed by atoms with van der Waals surface area (Å²) in [5.74, 6) is -0.113. The zero-order valence-electron chi connectivity index (χ0n) is 14.9. The average molecular weight is 344 g/mol. The Balaban J connectivity index is 1.63. The normalized spacial score (nSPS) is 22.5. The van der Waals surface area contributed by atoms with Gasteiger partial charge >= 0.3 is 12.1 Å². The maximum absolute atomic E-state index is 12.2. The van der Waals surface area contributed by atoms with Crippen molar-refractivity contribution < 1.29 is 19.4 Å². The summed E-state index contributed by atoms with van der Waals surface area (Å²) in [4.78, 5) is 29.1. The molecule has 25 heavy (non-hydrogen) atoms. The van der Waals surface area contributed by atoms with Crippen LogP contribution in [0.3, 0.4) is 0 Å². The van der Waals surface area contributed by atoms with Crippen LogP contribution in [0, 0.1) is 11.8 Å². The molecule has 3 rings (SSSR count). The van der Waals surface area contributed by atoms with Crippen LogP contribution in [0.1, 0.15) is 38.4 Å². The van der Waals surface area contributed by atoms with Gasteiger partial charge in [0.1, 0.15) is 5.60 Å². The SMILES string of the molecule is CC(C)(C)OC(=O)N1CC2C=C(c3ccc(CC(=O)O)cn3)CC2C1. The van der Waals surface area contributed by atoms with Gasteiger partial charge in [0, 0.05) is 25.2 Å². The number of nitrogens with zero attached hydrogens (tertiary/aromatic N) is 2. The van der Waals surface area contributed by atoms with Crippen LogP contribution in [0.5, 0.6) is 0 Å². The molecule has 2 aliphatic rings. The lowest BCUT2D eigenvalue weighted by atomic mass is 9.99. The van der Waals surface area contributed by atoms with Crippen LogP contribution >= 0.6 is 0 Å². The first-order chi connectivity index (χ1) is 11.7. The van der Waals surface area contributed by atoms with Crippen LogP contribution in [0.4, 0.5) is 4.79 Å². The largest absolute Gasteiger partial charge is 0.481 e. The van der Waals surface area contributed by atoms with Gasteiger partial charge in [-0.1, -0.05) is 12.1 Å². The second-order valence-corrected chi connectivity index (χ2v) is 7.83. The molecule has 1 N–H and O–H groups in total. The molecule has 1 aliphatic carbocycles. The number of allylic oxidation sites excluding steroid dienone is 1. The summed E-state index contributed by atoms with van der Waals surface area (Å²) >= 11 is 0. The van der Waals surface area contributed by atoms with Crippen molar-refractivity contribution in [2.75, 3.05) is 13.1 Å². The molecule has 0 aromatic carbocycles. The lowest BCUT2D eigenvalue weighted by molar-refractivity contribution is -0.136. The van der Waals surface area contributed by atoms with Crippen LogP contribution < -0.4 is 0 Å². The predicted molar refractivity (Wildman–Crippen MR) is 93.0 cm³/mol. The van der Waals surface area contributed by atoms with E-state index in [0.29, 0.717) is 30.5 Å². The van der Waals surface area contributed by atoms with Crippen molar-refractivity contribution in [3.63, 3.8) is 0 Å². The quantitative estimate of drug-likeness (QED) is 0.912. The Hall–Kier alpha value is -2.37. The highest BCUT2D eigenvalue weighted by molar-refractivity contribution is 5.72. The summed E-state index contributed by atoms with van der Waals surface area (Å²) in [7, 11) is 0. The molecule has 0 spiro atoms. The van der Waals surface area contributed by atoms with E-state index < -0.39 is 11.6 Å². The Bertz CT molecular complexity index is 703. The fourth-order valence-electron chi connectivity index (χ4n) is 3.47. The summed E-state index contributed by atoms with van der Waals surface area (Å²) in [5.41, 5.74) is 2.30. The van der Waals surface area contributed by atoms with E-state index in [1.807, 2.05) is 32.9 Å². The van der Waals surface area contributed by atoms with Crippen molar-refractivity contribution in [3.8, 4) is 0 Å². The molecule has 1 aromatic rings. The van der Waals surface area contributed by atoms with Gasteiger partial charge < -0.3 is 14.7 Å². The van der Waals surface area contributed by atoms with Gasteiger partial charge in [0.2, 0.25) is 0 Å². The van der Waals surface area contributed by atoms with Gasteiger partial charge in [-0.3, -0.25) is 9.78 Å². The van der Waals surface area contributed by atoms with Gasteiger partial charge in [-0.05, 0) is 50.3 Å².